The lowest BCUT2D eigenvalue weighted by atomic mass is 10.1. The van der Waals surface area contributed by atoms with E-state index in [1.807, 2.05) is 54.6 Å². The minimum Gasteiger partial charge on any atom is -0.392 e. The van der Waals surface area contributed by atoms with Gasteiger partial charge in [-0.3, -0.25) is 0 Å². The third kappa shape index (κ3) is 2.44. The molecular formula is C12H15N2O+. The number of hydrogen-bond acceptors (Lipinski definition) is 1. The zero-order valence-corrected chi connectivity index (χ0v) is 8.80. The Balaban J connectivity index is 2.11. The third-order valence-corrected chi connectivity index (χ3v) is 2.39. The Morgan fingerprint density at radius 1 is 1.20 bits per heavy atom. The van der Waals surface area contributed by atoms with Crippen LogP contribution >= 0.6 is 0 Å². The molecule has 1 heterocycles. The van der Waals surface area contributed by atoms with Gasteiger partial charge in [-0.25, -0.2) is 9.13 Å². The van der Waals surface area contributed by atoms with Crippen molar-refractivity contribution in [3.63, 3.8) is 0 Å². The van der Waals surface area contributed by atoms with Crippen molar-refractivity contribution in [3.05, 3.63) is 54.1 Å². The first kappa shape index (κ1) is 9.93. The monoisotopic (exact) mass is 203 g/mol. The maximum absolute atomic E-state index is 8.91. The summed E-state index contributed by atoms with van der Waals surface area (Å²) < 4.78 is 4.13. The summed E-state index contributed by atoms with van der Waals surface area (Å²) in [5, 5.41) is 8.91. The van der Waals surface area contributed by atoms with Crippen LogP contribution in [0.5, 0.6) is 0 Å². The fourth-order valence-corrected chi connectivity index (χ4v) is 1.56. The number of nitrogens with zero attached hydrogens (tertiary/aromatic N) is 2. The fraction of sp³-hybridized carbons (Fsp3) is 0.250. The van der Waals surface area contributed by atoms with Crippen molar-refractivity contribution < 1.29 is 9.67 Å². The van der Waals surface area contributed by atoms with Crippen LogP contribution in [0.3, 0.4) is 0 Å². The van der Waals surface area contributed by atoms with E-state index < -0.39 is 0 Å². The van der Waals surface area contributed by atoms with Gasteiger partial charge in [-0.15, -0.1) is 0 Å². The average Bonchev–Trinajstić information content (AvgIpc) is 2.65. The second-order valence-electron chi connectivity index (χ2n) is 3.73. The molecule has 0 bridgehead atoms. The molecule has 1 N–H and O–H groups in total. The number of aliphatic hydroxyl groups excluding tert-OH is 1. The van der Waals surface area contributed by atoms with Crippen molar-refractivity contribution in [2.45, 2.75) is 13.2 Å². The fourth-order valence-electron chi connectivity index (χ4n) is 1.56. The molecule has 0 aliphatic carbocycles. The van der Waals surface area contributed by atoms with Gasteiger partial charge in [0.1, 0.15) is 18.9 Å². The van der Waals surface area contributed by atoms with Crippen LogP contribution < -0.4 is 4.57 Å². The lowest BCUT2D eigenvalue weighted by Gasteiger charge is -1.99. The third-order valence-electron chi connectivity index (χ3n) is 2.39. The summed E-state index contributed by atoms with van der Waals surface area (Å²) >= 11 is 0. The molecule has 3 nitrogen and oxygen atoms in total. The van der Waals surface area contributed by atoms with Crippen LogP contribution in [0.1, 0.15) is 11.1 Å². The molecule has 2 aromatic rings. The van der Waals surface area contributed by atoms with Crippen molar-refractivity contribution in [2.75, 3.05) is 0 Å². The highest BCUT2D eigenvalue weighted by atomic mass is 16.3. The smallest absolute Gasteiger partial charge is 0.243 e. The summed E-state index contributed by atoms with van der Waals surface area (Å²) in [6.45, 7) is 0.977. The normalized spacial score (nSPS) is 10.5. The van der Waals surface area contributed by atoms with E-state index in [2.05, 4.69) is 4.57 Å². The second-order valence-corrected chi connectivity index (χ2v) is 3.73. The summed E-state index contributed by atoms with van der Waals surface area (Å²) in [6.07, 6.45) is 6.10. The van der Waals surface area contributed by atoms with Crippen LogP contribution in [-0.2, 0) is 20.2 Å². The van der Waals surface area contributed by atoms with Crippen LogP contribution in [0.25, 0.3) is 0 Å². The van der Waals surface area contributed by atoms with Gasteiger partial charge in [0.2, 0.25) is 6.33 Å². The molecule has 1 aromatic carbocycles. The summed E-state index contributed by atoms with van der Waals surface area (Å²) in [5.74, 6) is 0. The summed E-state index contributed by atoms with van der Waals surface area (Å²) in [7, 11) is 2.01. The van der Waals surface area contributed by atoms with Gasteiger partial charge in [0.05, 0.1) is 13.7 Å². The molecule has 0 amide bonds. The van der Waals surface area contributed by atoms with Gasteiger partial charge in [0, 0.05) is 0 Å². The predicted molar refractivity (Wildman–Crippen MR) is 57.1 cm³/mol. The molecule has 15 heavy (non-hydrogen) atoms. The molecule has 0 fully saturated rings. The summed E-state index contributed by atoms with van der Waals surface area (Å²) in [6, 6.07) is 8.01. The Hall–Kier alpha value is -1.61. The van der Waals surface area contributed by atoms with Crippen molar-refractivity contribution in [3.8, 4) is 0 Å². The largest absolute Gasteiger partial charge is 0.392 e. The molecule has 0 radical (unpaired) electrons. The minimum absolute atomic E-state index is 0.110. The van der Waals surface area contributed by atoms with E-state index in [0.717, 1.165) is 12.1 Å². The number of hydrogen-bond donors (Lipinski definition) is 1. The van der Waals surface area contributed by atoms with Crippen molar-refractivity contribution in [2.24, 2.45) is 7.05 Å². The summed E-state index contributed by atoms with van der Waals surface area (Å²) in [4.78, 5) is 0. The molecule has 0 unspecified atom stereocenters. The van der Waals surface area contributed by atoms with E-state index in [9.17, 15) is 0 Å². The Labute approximate surface area is 89.2 Å². The Morgan fingerprint density at radius 3 is 2.40 bits per heavy atom. The molecule has 0 aliphatic rings. The second kappa shape index (κ2) is 4.28. The highest BCUT2D eigenvalue weighted by Gasteiger charge is 2.01. The van der Waals surface area contributed by atoms with Crippen molar-refractivity contribution in [1.29, 1.82) is 0 Å². The van der Waals surface area contributed by atoms with Crippen LogP contribution in [0.4, 0.5) is 0 Å². The zero-order valence-electron chi connectivity index (χ0n) is 8.80. The molecular weight excluding hydrogens is 188 g/mol. The zero-order chi connectivity index (χ0) is 10.7. The van der Waals surface area contributed by atoms with Crippen LogP contribution in [0.2, 0.25) is 0 Å². The Bertz CT molecular complexity index is 431. The van der Waals surface area contributed by atoms with E-state index in [4.69, 9.17) is 5.11 Å². The molecule has 0 saturated heterocycles. The van der Waals surface area contributed by atoms with Gasteiger partial charge < -0.3 is 5.11 Å². The first-order valence-corrected chi connectivity index (χ1v) is 4.97. The number of aliphatic hydroxyl groups is 1. The van der Waals surface area contributed by atoms with E-state index in [1.54, 1.807) is 0 Å². The minimum atomic E-state index is 0.110. The highest BCUT2D eigenvalue weighted by molar-refractivity contribution is 5.22. The van der Waals surface area contributed by atoms with Crippen molar-refractivity contribution in [1.82, 2.24) is 4.57 Å². The molecule has 3 heteroatoms. The van der Waals surface area contributed by atoms with Gasteiger partial charge in [0.25, 0.3) is 0 Å². The Kier molecular flexibility index (Phi) is 2.83. The highest BCUT2D eigenvalue weighted by Crippen LogP contribution is 2.05. The topological polar surface area (TPSA) is 29.0 Å². The van der Waals surface area contributed by atoms with Gasteiger partial charge >= 0.3 is 0 Å². The maximum Gasteiger partial charge on any atom is 0.243 e. The van der Waals surface area contributed by atoms with Gasteiger partial charge in [-0.2, -0.15) is 0 Å². The summed E-state index contributed by atoms with van der Waals surface area (Å²) in [5.41, 5.74) is 2.19. The number of aryl methyl sites for hydroxylation is 1. The number of imidazole rings is 1. The van der Waals surface area contributed by atoms with E-state index in [1.165, 1.54) is 5.56 Å². The van der Waals surface area contributed by atoms with Gasteiger partial charge in [0.15, 0.2) is 0 Å². The van der Waals surface area contributed by atoms with Crippen LogP contribution in [0, 0.1) is 0 Å². The standard InChI is InChI=1S/C12H15N2O/c1-13-6-7-14(10-13)8-11-2-4-12(9-15)5-3-11/h2-7,10,15H,8-9H2,1H3/q+1. The number of rotatable bonds is 3. The number of aromatic nitrogens is 2. The van der Waals surface area contributed by atoms with E-state index in [0.29, 0.717) is 0 Å². The predicted octanol–water partition coefficient (Wildman–Crippen LogP) is 0.853. The van der Waals surface area contributed by atoms with E-state index >= 15 is 0 Å². The first-order chi connectivity index (χ1) is 7.28. The Morgan fingerprint density at radius 2 is 1.87 bits per heavy atom. The van der Waals surface area contributed by atoms with E-state index in [-0.39, 0.29) is 6.61 Å². The lowest BCUT2D eigenvalue weighted by Crippen LogP contribution is -2.23. The maximum atomic E-state index is 8.91. The molecule has 78 valence electrons. The van der Waals surface area contributed by atoms with Crippen LogP contribution in [0.15, 0.2) is 43.0 Å². The average molecular weight is 203 g/mol. The molecule has 0 saturated carbocycles. The quantitative estimate of drug-likeness (QED) is 0.736. The molecule has 0 spiro atoms. The lowest BCUT2D eigenvalue weighted by molar-refractivity contribution is -0.671. The molecule has 2 rings (SSSR count). The van der Waals surface area contributed by atoms with Gasteiger partial charge in [-0.1, -0.05) is 24.3 Å². The first-order valence-electron chi connectivity index (χ1n) is 4.97. The number of benzene rings is 1. The molecule has 1 aromatic heterocycles. The SMILES string of the molecule is C[n+]1ccn(Cc2ccc(CO)cc2)c1. The molecule has 0 aliphatic heterocycles. The van der Waals surface area contributed by atoms with Crippen molar-refractivity contribution >= 4 is 0 Å². The van der Waals surface area contributed by atoms with Gasteiger partial charge in [-0.05, 0) is 11.1 Å². The van der Waals surface area contributed by atoms with Crippen LogP contribution in [-0.4, -0.2) is 9.67 Å². The molecule has 0 atom stereocenters.